The first-order chi connectivity index (χ1) is 13.3. The van der Waals surface area contributed by atoms with Crippen molar-refractivity contribution in [2.75, 3.05) is 11.1 Å². The Labute approximate surface area is 159 Å². The highest BCUT2D eigenvalue weighted by atomic mass is 32.2. The molecule has 0 atom stereocenters. The smallest absolute Gasteiger partial charge is 0.235 e. The number of hydrogen-bond donors (Lipinski definition) is 2. The molecule has 1 aliphatic rings. The second kappa shape index (κ2) is 6.73. The van der Waals surface area contributed by atoms with Crippen LogP contribution in [0.2, 0.25) is 0 Å². The van der Waals surface area contributed by atoms with Gasteiger partial charge in [-0.1, -0.05) is 36.7 Å². The second-order valence-corrected chi connectivity index (χ2v) is 7.64. The Hall–Kier alpha value is -2.81. The van der Waals surface area contributed by atoms with Crippen molar-refractivity contribution >= 4 is 40.3 Å². The third kappa shape index (κ3) is 2.97. The first-order valence-corrected chi connectivity index (χ1v) is 10.1. The molecule has 27 heavy (non-hydrogen) atoms. The molecule has 8 nitrogen and oxygen atoms in total. The lowest BCUT2D eigenvalue weighted by Gasteiger charge is -2.14. The third-order valence-electron chi connectivity index (χ3n) is 4.94. The number of carbonyl (C=O) groups is 1. The van der Waals surface area contributed by atoms with Crippen LogP contribution >= 0.6 is 11.8 Å². The summed E-state index contributed by atoms with van der Waals surface area (Å²) in [6.45, 7) is 0. The van der Waals surface area contributed by atoms with Crippen molar-refractivity contribution in [3.05, 3.63) is 36.5 Å². The topological polar surface area (TPSA) is 92.9 Å². The van der Waals surface area contributed by atoms with Gasteiger partial charge >= 0.3 is 0 Å². The van der Waals surface area contributed by atoms with Gasteiger partial charge in [-0.3, -0.25) is 9.20 Å². The fraction of sp³-hybridized carbons (Fsp3) is 0.333. The van der Waals surface area contributed by atoms with Gasteiger partial charge in [-0.15, -0.1) is 5.10 Å². The Balaban J connectivity index is 1.30. The normalized spacial score (nSPS) is 15.1. The standard InChI is InChI=1S/C18H19N7OS/c26-16(21-15-9-10-19-25(15)12-5-1-2-6-12)11-27-18-23-22-17-20-13-7-3-4-8-14(13)24(17)18/h3-4,7-10,12H,1-2,5-6,11H2,(H,20,22)(H,21,26). The van der Waals surface area contributed by atoms with Crippen LogP contribution in [-0.4, -0.2) is 41.0 Å². The Kier molecular flexibility index (Phi) is 4.08. The minimum atomic E-state index is -0.0692. The molecule has 0 saturated heterocycles. The van der Waals surface area contributed by atoms with Gasteiger partial charge in [0.2, 0.25) is 11.7 Å². The summed E-state index contributed by atoms with van der Waals surface area (Å²) in [5, 5.41) is 15.3. The number of aromatic nitrogens is 6. The summed E-state index contributed by atoms with van der Waals surface area (Å²) in [5.41, 5.74) is 1.88. The number of amides is 1. The summed E-state index contributed by atoms with van der Waals surface area (Å²) in [6, 6.07) is 10.1. The number of anilines is 1. The number of thioether (sulfide) groups is 1. The highest BCUT2D eigenvalue weighted by Gasteiger charge is 2.21. The van der Waals surface area contributed by atoms with E-state index in [1.807, 2.05) is 39.4 Å². The van der Waals surface area contributed by atoms with E-state index in [0.717, 1.165) is 34.8 Å². The number of rotatable bonds is 5. The number of nitrogens with one attached hydrogen (secondary N) is 2. The first kappa shape index (κ1) is 16.4. The van der Waals surface area contributed by atoms with Gasteiger partial charge in [-0.05, 0) is 25.0 Å². The molecular weight excluding hydrogens is 362 g/mol. The van der Waals surface area contributed by atoms with Gasteiger partial charge in [-0.2, -0.15) is 5.10 Å². The Morgan fingerprint density at radius 1 is 1.26 bits per heavy atom. The minimum Gasteiger partial charge on any atom is -0.310 e. The maximum absolute atomic E-state index is 12.5. The molecule has 1 fully saturated rings. The Bertz CT molecular complexity index is 1110. The molecule has 2 N–H and O–H groups in total. The average Bonchev–Trinajstić information content (AvgIpc) is 3.44. The number of fused-ring (bicyclic) bond motifs is 3. The molecule has 1 aliphatic carbocycles. The van der Waals surface area contributed by atoms with Crippen molar-refractivity contribution in [1.82, 2.24) is 29.4 Å². The molecule has 0 spiro atoms. The van der Waals surface area contributed by atoms with Gasteiger partial charge in [0, 0.05) is 6.07 Å². The van der Waals surface area contributed by atoms with E-state index in [4.69, 9.17) is 0 Å². The van der Waals surface area contributed by atoms with Gasteiger partial charge in [0.1, 0.15) is 5.82 Å². The lowest BCUT2D eigenvalue weighted by atomic mass is 10.2. The van der Waals surface area contributed by atoms with E-state index in [0.29, 0.717) is 11.8 Å². The van der Waals surface area contributed by atoms with Crippen molar-refractivity contribution < 1.29 is 4.79 Å². The van der Waals surface area contributed by atoms with Crippen LogP contribution in [0, 0.1) is 0 Å². The molecule has 138 valence electrons. The highest BCUT2D eigenvalue weighted by molar-refractivity contribution is 7.99. The molecule has 0 radical (unpaired) electrons. The van der Waals surface area contributed by atoms with Gasteiger partial charge in [0.05, 0.1) is 29.0 Å². The quantitative estimate of drug-likeness (QED) is 0.518. The number of imidazole rings is 1. The zero-order chi connectivity index (χ0) is 18.2. The lowest BCUT2D eigenvalue weighted by Crippen LogP contribution is -2.19. The third-order valence-corrected chi connectivity index (χ3v) is 5.88. The van der Waals surface area contributed by atoms with E-state index in [1.54, 1.807) is 6.20 Å². The van der Waals surface area contributed by atoms with Crippen LogP contribution in [0.1, 0.15) is 31.7 Å². The molecule has 1 aromatic carbocycles. The summed E-state index contributed by atoms with van der Waals surface area (Å²) >= 11 is 1.38. The number of carbonyl (C=O) groups excluding carboxylic acids is 1. The van der Waals surface area contributed by atoms with Crippen molar-refractivity contribution in [1.29, 1.82) is 0 Å². The summed E-state index contributed by atoms with van der Waals surface area (Å²) in [5.74, 6) is 1.65. The van der Waals surface area contributed by atoms with Crippen LogP contribution in [0.15, 0.2) is 41.7 Å². The molecular formula is C18H19N7OS. The molecule has 3 heterocycles. The Morgan fingerprint density at radius 2 is 2.11 bits per heavy atom. The summed E-state index contributed by atoms with van der Waals surface area (Å²) in [6.07, 6.45) is 6.44. The molecule has 0 bridgehead atoms. The van der Waals surface area contributed by atoms with Crippen LogP contribution in [0.3, 0.4) is 0 Å². The fourth-order valence-electron chi connectivity index (χ4n) is 3.70. The molecule has 4 aromatic rings. The van der Waals surface area contributed by atoms with Crippen LogP contribution in [0.25, 0.3) is 16.8 Å². The number of aromatic amines is 1. The van der Waals surface area contributed by atoms with E-state index >= 15 is 0 Å². The van der Waals surface area contributed by atoms with Gasteiger partial charge < -0.3 is 5.32 Å². The number of H-pyrrole nitrogens is 1. The second-order valence-electron chi connectivity index (χ2n) is 6.70. The maximum Gasteiger partial charge on any atom is 0.235 e. The average molecular weight is 381 g/mol. The van der Waals surface area contributed by atoms with Crippen LogP contribution in [0.4, 0.5) is 5.82 Å². The van der Waals surface area contributed by atoms with E-state index < -0.39 is 0 Å². The van der Waals surface area contributed by atoms with Crippen molar-refractivity contribution in [2.24, 2.45) is 0 Å². The molecule has 5 rings (SSSR count). The van der Waals surface area contributed by atoms with Crippen molar-refractivity contribution in [3.8, 4) is 0 Å². The number of hydrogen-bond acceptors (Lipinski definition) is 5. The zero-order valence-electron chi connectivity index (χ0n) is 14.6. The highest BCUT2D eigenvalue weighted by Crippen LogP contribution is 2.31. The summed E-state index contributed by atoms with van der Waals surface area (Å²) < 4.78 is 3.89. The molecule has 0 aliphatic heterocycles. The number of para-hydroxylation sites is 2. The first-order valence-electron chi connectivity index (χ1n) is 9.07. The maximum atomic E-state index is 12.5. The molecule has 1 saturated carbocycles. The molecule has 9 heteroatoms. The predicted octanol–water partition coefficient (Wildman–Crippen LogP) is 3.25. The van der Waals surface area contributed by atoms with E-state index in [2.05, 4.69) is 25.6 Å². The van der Waals surface area contributed by atoms with Gasteiger partial charge in [-0.25, -0.2) is 14.8 Å². The van der Waals surface area contributed by atoms with E-state index in [9.17, 15) is 4.79 Å². The minimum absolute atomic E-state index is 0.0692. The lowest BCUT2D eigenvalue weighted by molar-refractivity contribution is -0.113. The summed E-state index contributed by atoms with van der Waals surface area (Å²) in [4.78, 5) is 17.0. The Morgan fingerprint density at radius 3 is 3.00 bits per heavy atom. The fourth-order valence-corrected chi connectivity index (χ4v) is 4.46. The van der Waals surface area contributed by atoms with Crippen LogP contribution in [0.5, 0.6) is 0 Å². The monoisotopic (exact) mass is 381 g/mol. The zero-order valence-corrected chi connectivity index (χ0v) is 15.4. The van der Waals surface area contributed by atoms with Gasteiger partial charge in [0.15, 0.2) is 5.16 Å². The molecule has 1 amide bonds. The van der Waals surface area contributed by atoms with Crippen LogP contribution < -0.4 is 5.32 Å². The van der Waals surface area contributed by atoms with E-state index in [1.165, 1.54) is 24.6 Å². The predicted molar refractivity (Wildman–Crippen MR) is 104 cm³/mol. The van der Waals surface area contributed by atoms with Crippen molar-refractivity contribution in [3.63, 3.8) is 0 Å². The molecule has 0 unspecified atom stereocenters. The summed E-state index contributed by atoms with van der Waals surface area (Å²) in [7, 11) is 0. The largest absolute Gasteiger partial charge is 0.310 e. The van der Waals surface area contributed by atoms with Crippen LogP contribution in [-0.2, 0) is 4.79 Å². The van der Waals surface area contributed by atoms with Crippen molar-refractivity contribution in [2.45, 2.75) is 36.9 Å². The molecule has 3 aromatic heterocycles. The number of benzene rings is 1. The van der Waals surface area contributed by atoms with Gasteiger partial charge in [0.25, 0.3) is 0 Å². The number of nitrogens with zero attached hydrogens (tertiary/aromatic N) is 5. The SMILES string of the molecule is O=C(CSc1n[nH]c2nc3ccccc3n12)Nc1ccnn1C1CCCC1. The van der Waals surface area contributed by atoms with E-state index in [-0.39, 0.29) is 11.7 Å².